The van der Waals surface area contributed by atoms with E-state index < -0.39 is 5.91 Å². The maximum Gasteiger partial charge on any atom is 0.265 e. The molecule has 0 saturated carbocycles. The van der Waals surface area contributed by atoms with Gasteiger partial charge in [0.15, 0.2) is 0 Å². The SMILES string of the molecule is Cc1c(-c2ccc(O)cc2)n(Cc2ccc(/C=C(\C(N)=O)N3CCOCC3)cc2)c2ccc(O)cc12. The van der Waals surface area contributed by atoms with E-state index in [0.29, 0.717) is 38.5 Å². The molecule has 1 aromatic heterocycles. The van der Waals surface area contributed by atoms with Crippen LogP contribution in [0.2, 0.25) is 0 Å². The number of phenols is 2. The molecule has 1 aliphatic rings. The molecule has 1 amide bonds. The smallest absolute Gasteiger partial charge is 0.265 e. The number of benzene rings is 3. The van der Waals surface area contributed by atoms with Crippen LogP contribution in [0.15, 0.2) is 72.4 Å². The first-order chi connectivity index (χ1) is 17.4. The van der Waals surface area contributed by atoms with Gasteiger partial charge in [-0.25, -0.2) is 0 Å². The number of nitrogens with two attached hydrogens (primary N) is 1. The van der Waals surface area contributed by atoms with Gasteiger partial charge in [-0.2, -0.15) is 0 Å². The fourth-order valence-electron chi connectivity index (χ4n) is 4.85. The normalized spacial score (nSPS) is 14.4. The number of amides is 1. The highest BCUT2D eigenvalue weighted by atomic mass is 16.5. The van der Waals surface area contributed by atoms with Gasteiger partial charge in [-0.15, -0.1) is 0 Å². The molecular weight excluding hydrogens is 454 g/mol. The predicted molar refractivity (Wildman–Crippen MR) is 141 cm³/mol. The molecule has 4 N–H and O–H groups in total. The van der Waals surface area contributed by atoms with Crippen LogP contribution in [0, 0.1) is 6.92 Å². The standard InChI is InChI=1S/C29H29N3O4/c1-19-25-17-24(34)10-11-26(25)32(28(19)22-6-8-23(33)9-7-22)18-21-4-2-20(3-5-21)16-27(29(30)35)31-12-14-36-15-13-31/h2-11,16-17,33-34H,12-15,18H2,1H3,(H2,30,35)/b27-16+. The molecule has 2 heterocycles. The Morgan fingerprint density at radius 1 is 0.972 bits per heavy atom. The first kappa shape index (κ1) is 23.5. The summed E-state index contributed by atoms with van der Waals surface area (Å²) in [7, 11) is 0. The molecule has 0 radical (unpaired) electrons. The van der Waals surface area contributed by atoms with Crippen LogP contribution in [0.25, 0.3) is 28.2 Å². The van der Waals surface area contributed by atoms with Gasteiger partial charge < -0.3 is 30.2 Å². The van der Waals surface area contributed by atoms with Crippen molar-refractivity contribution < 1.29 is 19.7 Å². The Morgan fingerprint density at radius 2 is 1.64 bits per heavy atom. The average Bonchev–Trinajstić information content (AvgIpc) is 3.15. The lowest BCUT2D eigenvalue weighted by molar-refractivity contribution is -0.116. The van der Waals surface area contributed by atoms with E-state index in [1.54, 1.807) is 24.3 Å². The molecule has 0 spiro atoms. The van der Waals surface area contributed by atoms with Gasteiger partial charge >= 0.3 is 0 Å². The van der Waals surface area contributed by atoms with E-state index in [4.69, 9.17) is 10.5 Å². The minimum atomic E-state index is -0.447. The highest BCUT2D eigenvalue weighted by molar-refractivity contribution is 5.96. The van der Waals surface area contributed by atoms with Gasteiger partial charge in [0.05, 0.1) is 18.9 Å². The van der Waals surface area contributed by atoms with Crippen molar-refractivity contribution in [3.05, 3.63) is 89.1 Å². The number of aromatic nitrogens is 1. The molecule has 0 bridgehead atoms. The molecule has 0 aliphatic carbocycles. The molecule has 36 heavy (non-hydrogen) atoms. The van der Waals surface area contributed by atoms with Gasteiger partial charge in [-0.1, -0.05) is 24.3 Å². The van der Waals surface area contributed by atoms with Crippen LogP contribution in [-0.2, 0) is 16.1 Å². The second-order valence-corrected chi connectivity index (χ2v) is 9.04. The number of rotatable bonds is 6. The maximum absolute atomic E-state index is 12.1. The molecule has 1 fully saturated rings. The summed E-state index contributed by atoms with van der Waals surface area (Å²) in [6.45, 7) is 5.10. The first-order valence-electron chi connectivity index (χ1n) is 11.9. The van der Waals surface area contributed by atoms with Crippen LogP contribution in [0.3, 0.4) is 0 Å². The van der Waals surface area contributed by atoms with E-state index in [1.807, 2.05) is 60.4 Å². The molecule has 0 unspecified atom stereocenters. The highest BCUT2D eigenvalue weighted by Gasteiger charge is 2.19. The highest BCUT2D eigenvalue weighted by Crippen LogP contribution is 2.36. The lowest BCUT2D eigenvalue weighted by Crippen LogP contribution is -2.39. The molecule has 3 aromatic carbocycles. The average molecular weight is 484 g/mol. The van der Waals surface area contributed by atoms with E-state index >= 15 is 0 Å². The summed E-state index contributed by atoms with van der Waals surface area (Å²) in [5, 5.41) is 20.9. The van der Waals surface area contributed by atoms with Crippen molar-refractivity contribution in [2.24, 2.45) is 5.73 Å². The van der Waals surface area contributed by atoms with Crippen molar-refractivity contribution in [3.8, 4) is 22.8 Å². The number of carbonyl (C=O) groups excluding carboxylic acids is 1. The van der Waals surface area contributed by atoms with Crippen molar-refractivity contribution >= 4 is 22.9 Å². The van der Waals surface area contributed by atoms with Gasteiger partial charge in [0.2, 0.25) is 0 Å². The molecule has 7 heteroatoms. The zero-order chi connectivity index (χ0) is 25.2. The number of ether oxygens (including phenoxy) is 1. The summed E-state index contributed by atoms with van der Waals surface area (Å²) in [6, 6.07) is 20.7. The fraction of sp³-hybridized carbons (Fsp3) is 0.207. The lowest BCUT2D eigenvalue weighted by Gasteiger charge is -2.29. The van der Waals surface area contributed by atoms with E-state index in [2.05, 4.69) is 4.57 Å². The van der Waals surface area contributed by atoms with Crippen LogP contribution in [-0.4, -0.2) is 51.9 Å². The first-order valence-corrected chi connectivity index (χ1v) is 11.9. The van der Waals surface area contributed by atoms with Crippen LogP contribution >= 0.6 is 0 Å². The Balaban J connectivity index is 1.50. The third-order valence-corrected chi connectivity index (χ3v) is 6.67. The Kier molecular flexibility index (Phi) is 6.40. The molecular formula is C29H29N3O4. The number of primary amides is 1. The van der Waals surface area contributed by atoms with Crippen LogP contribution in [0.5, 0.6) is 11.5 Å². The summed E-state index contributed by atoms with van der Waals surface area (Å²) in [4.78, 5) is 14.1. The molecule has 184 valence electrons. The molecule has 7 nitrogen and oxygen atoms in total. The topological polar surface area (TPSA) is 101 Å². The fourth-order valence-corrected chi connectivity index (χ4v) is 4.85. The van der Waals surface area contributed by atoms with Crippen LogP contribution < -0.4 is 5.73 Å². The Hall–Kier alpha value is -4.23. The molecule has 1 aliphatic heterocycles. The number of fused-ring (bicyclic) bond motifs is 1. The number of phenolic OH excluding ortho intramolecular Hbond substituents is 2. The van der Waals surface area contributed by atoms with Gasteiger partial charge in [-0.3, -0.25) is 4.79 Å². The summed E-state index contributed by atoms with van der Waals surface area (Å²) < 4.78 is 7.61. The number of nitrogens with zero attached hydrogens (tertiary/aromatic N) is 2. The van der Waals surface area contributed by atoms with Gasteiger partial charge in [-0.05, 0) is 77.7 Å². The van der Waals surface area contributed by atoms with E-state index in [9.17, 15) is 15.0 Å². The number of aryl methyl sites for hydroxylation is 1. The van der Waals surface area contributed by atoms with Crippen molar-refractivity contribution in [2.45, 2.75) is 13.5 Å². The Labute approximate surface area is 209 Å². The lowest BCUT2D eigenvalue weighted by atomic mass is 10.1. The number of hydrogen-bond acceptors (Lipinski definition) is 5. The quantitative estimate of drug-likeness (QED) is 0.356. The number of aromatic hydroxyl groups is 2. The van der Waals surface area contributed by atoms with E-state index in [0.717, 1.165) is 38.9 Å². The van der Waals surface area contributed by atoms with Crippen LogP contribution in [0.1, 0.15) is 16.7 Å². The van der Waals surface area contributed by atoms with Gasteiger partial charge in [0.25, 0.3) is 5.91 Å². The second kappa shape index (κ2) is 9.79. The minimum Gasteiger partial charge on any atom is -0.508 e. The molecule has 5 rings (SSSR count). The van der Waals surface area contributed by atoms with Gasteiger partial charge in [0.1, 0.15) is 17.2 Å². The largest absolute Gasteiger partial charge is 0.508 e. The Morgan fingerprint density at radius 3 is 2.31 bits per heavy atom. The monoisotopic (exact) mass is 483 g/mol. The number of hydrogen-bond donors (Lipinski definition) is 3. The van der Waals surface area contributed by atoms with E-state index in [1.165, 1.54) is 0 Å². The van der Waals surface area contributed by atoms with Crippen molar-refractivity contribution in [1.82, 2.24) is 9.47 Å². The number of morpholine rings is 1. The van der Waals surface area contributed by atoms with E-state index in [-0.39, 0.29) is 11.5 Å². The summed E-state index contributed by atoms with van der Waals surface area (Å²) in [5.74, 6) is -0.00788. The van der Waals surface area contributed by atoms with Crippen molar-refractivity contribution in [2.75, 3.05) is 26.3 Å². The Bertz CT molecular complexity index is 1430. The van der Waals surface area contributed by atoms with Gasteiger partial charge in [0, 0.05) is 30.5 Å². The summed E-state index contributed by atoms with van der Waals surface area (Å²) in [5.41, 5.74) is 12.2. The minimum absolute atomic E-state index is 0.216. The third-order valence-electron chi connectivity index (χ3n) is 6.67. The van der Waals surface area contributed by atoms with Crippen LogP contribution in [0.4, 0.5) is 0 Å². The molecule has 0 atom stereocenters. The molecule has 1 saturated heterocycles. The third kappa shape index (κ3) is 4.65. The predicted octanol–water partition coefficient (Wildman–Crippen LogP) is 4.23. The van der Waals surface area contributed by atoms with Crippen molar-refractivity contribution in [1.29, 1.82) is 0 Å². The van der Waals surface area contributed by atoms with Crippen molar-refractivity contribution in [3.63, 3.8) is 0 Å². The maximum atomic E-state index is 12.1. The number of carbonyl (C=O) groups is 1. The second-order valence-electron chi connectivity index (χ2n) is 9.04. The summed E-state index contributed by atoms with van der Waals surface area (Å²) in [6.07, 6.45) is 1.83. The zero-order valence-electron chi connectivity index (χ0n) is 20.1. The molecule has 4 aromatic rings. The summed E-state index contributed by atoms with van der Waals surface area (Å²) >= 11 is 0. The zero-order valence-corrected chi connectivity index (χ0v) is 20.1.